The molecule has 0 aliphatic carbocycles. The van der Waals surface area contributed by atoms with Gasteiger partial charge >= 0.3 is 18.2 Å². The monoisotopic (exact) mass is 664 g/mol. The largest absolute Gasteiger partial charge is 0.451 e. The summed E-state index contributed by atoms with van der Waals surface area (Å²) < 4.78 is 15.7. The topological polar surface area (TPSA) is 129 Å². The molecule has 2 unspecified atom stereocenters. The Kier molecular flexibility index (Phi) is 9.50. The Morgan fingerprint density at radius 2 is 1.65 bits per heavy atom. The molecule has 1 fully saturated rings. The number of nitrogens with zero attached hydrogens (tertiary/aromatic N) is 3. The highest BCUT2D eigenvalue weighted by molar-refractivity contribution is 8.03. The summed E-state index contributed by atoms with van der Waals surface area (Å²) in [5, 5.41) is 3.37. The molecule has 2 aromatic carbocycles. The lowest BCUT2D eigenvalue weighted by molar-refractivity contribution is -0.165. The number of fused-ring (bicyclic) bond motifs is 1. The van der Waals surface area contributed by atoms with E-state index in [2.05, 4.69) is 10.3 Å². The summed E-state index contributed by atoms with van der Waals surface area (Å²) in [6.07, 6.45) is 1.61. The molecule has 2 amide bonds. The maximum absolute atomic E-state index is 13.9. The van der Waals surface area contributed by atoms with E-state index in [4.69, 9.17) is 49.0 Å². The second kappa shape index (κ2) is 13.3. The lowest BCUT2D eigenvalue weighted by atomic mass is 9.97. The fourth-order valence-corrected chi connectivity index (χ4v) is 5.86. The van der Waals surface area contributed by atoms with Crippen molar-refractivity contribution in [3.05, 3.63) is 101 Å². The molecule has 3 aromatic rings. The lowest BCUT2D eigenvalue weighted by Gasteiger charge is -2.51. The highest BCUT2D eigenvalue weighted by atomic mass is 35.6. The number of halogens is 3. The first kappa shape index (κ1) is 30.7. The van der Waals surface area contributed by atoms with Gasteiger partial charge in [-0.05, 0) is 16.5 Å². The van der Waals surface area contributed by atoms with Gasteiger partial charge in [-0.1, -0.05) is 95.5 Å². The van der Waals surface area contributed by atoms with Gasteiger partial charge in [0.25, 0.3) is 0 Å². The Morgan fingerprint density at radius 3 is 2.23 bits per heavy atom. The van der Waals surface area contributed by atoms with E-state index in [0.717, 1.165) is 16.3 Å². The molecule has 0 saturated carbocycles. The van der Waals surface area contributed by atoms with Crippen LogP contribution in [0.15, 0.2) is 90.4 Å². The molecule has 5 rings (SSSR count). The van der Waals surface area contributed by atoms with E-state index in [-0.39, 0.29) is 6.61 Å². The van der Waals surface area contributed by atoms with Gasteiger partial charge in [0.05, 0.1) is 0 Å². The molecular formula is C28H23Cl3N4O7S. The van der Waals surface area contributed by atoms with Crippen molar-refractivity contribution in [3.63, 3.8) is 0 Å². The van der Waals surface area contributed by atoms with Gasteiger partial charge in [-0.3, -0.25) is 4.79 Å². The van der Waals surface area contributed by atoms with Crippen molar-refractivity contribution in [1.29, 1.82) is 0 Å². The number of amides is 2. The molecule has 11 nitrogen and oxygen atoms in total. The summed E-state index contributed by atoms with van der Waals surface area (Å²) in [6, 6.07) is 16.0. The Bertz CT molecular complexity index is 1460. The molecule has 3 heterocycles. The van der Waals surface area contributed by atoms with Crippen LogP contribution >= 0.6 is 46.6 Å². The normalized spacial score (nSPS) is 19.5. The summed E-state index contributed by atoms with van der Waals surface area (Å²) >= 11 is 18.1. The Hall–Kier alpha value is -3.71. The summed E-state index contributed by atoms with van der Waals surface area (Å²) in [7, 11) is 0. The van der Waals surface area contributed by atoms with Crippen LogP contribution in [0.2, 0.25) is 0 Å². The van der Waals surface area contributed by atoms with Crippen LogP contribution in [-0.2, 0) is 23.8 Å². The van der Waals surface area contributed by atoms with E-state index in [1.165, 1.54) is 23.6 Å². The van der Waals surface area contributed by atoms with Crippen LogP contribution in [-0.4, -0.2) is 73.0 Å². The maximum Gasteiger partial charge on any atom is 0.419 e. The van der Waals surface area contributed by atoms with E-state index in [1.54, 1.807) is 5.41 Å². The van der Waals surface area contributed by atoms with Gasteiger partial charge in [-0.25, -0.2) is 23.9 Å². The van der Waals surface area contributed by atoms with Crippen molar-refractivity contribution >= 4 is 70.6 Å². The number of nitrogens with one attached hydrogen (secondary N) is 1. The second-order valence-corrected chi connectivity index (χ2v) is 12.9. The van der Waals surface area contributed by atoms with E-state index < -0.39 is 58.0 Å². The third kappa shape index (κ3) is 7.27. The number of aromatic nitrogens is 2. The molecule has 3 atom stereocenters. The van der Waals surface area contributed by atoms with Crippen LogP contribution in [0.3, 0.4) is 0 Å². The molecule has 1 aromatic heterocycles. The Morgan fingerprint density at radius 1 is 1.00 bits per heavy atom. The zero-order chi connectivity index (χ0) is 30.6. The number of alkyl carbamates (subject to hydrolysis) is 1. The fraction of sp³-hybridized carbons (Fsp3) is 0.250. The number of benzene rings is 2. The minimum absolute atomic E-state index is 0.310. The first-order chi connectivity index (χ1) is 20.6. The van der Waals surface area contributed by atoms with Crippen molar-refractivity contribution in [2.24, 2.45) is 0 Å². The Labute approximate surface area is 265 Å². The molecule has 43 heavy (non-hydrogen) atoms. The third-order valence-corrected chi connectivity index (χ3v) is 7.99. The van der Waals surface area contributed by atoms with E-state index in [0.29, 0.717) is 16.7 Å². The maximum atomic E-state index is 13.9. The number of hydrogen-bond donors (Lipinski definition) is 1. The van der Waals surface area contributed by atoms with Crippen molar-refractivity contribution in [2.75, 3.05) is 13.2 Å². The van der Waals surface area contributed by atoms with Crippen LogP contribution < -0.4 is 5.32 Å². The first-order valence-electron chi connectivity index (χ1n) is 12.7. The van der Waals surface area contributed by atoms with E-state index in [1.807, 2.05) is 60.7 Å². The SMILES string of the molecule is O=C(NC1C(=O)N2C(C(=O)OC(c3ccccc3)c3ccccc3)C(COC(=O)n3ccnc3)=CS[C@@H]12)OCC(Cl)(Cl)Cl. The van der Waals surface area contributed by atoms with E-state index in [9.17, 15) is 19.2 Å². The van der Waals surface area contributed by atoms with E-state index >= 15 is 0 Å². The number of hydrogen-bond acceptors (Lipinski definition) is 9. The smallest absolute Gasteiger partial charge is 0.419 e. The van der Waals surface area contributed by atoms with Crippen molar-refractivity contribution in [2.45, 2.75) is 27.4 Å². The molecule has 2 aliphatic heterocycles. The average Bonchev–Trinajstić information content (AvgIpc) is 3.55. The fourth-order valence-electron chi connectivity index (χ4n) is 4.48. The lowest BCUT2D eigenvalue weighted by Crippen LogP contribution is -2.74. The highest BCUT2D eigenvalue weighted by Crippen LogP contribution is 2.41. The second-order valence-electron chi connectivity index (χ2n) is 9.34. The van der Waals surface area contributed by atoms with Crippen LogP contribution in [0.1, 0.15) is 17.2 Å². The third-order valence-electron chi connectivity index (χ3n) is 6.45. The average molecular weight is 666 g/mol. The Balaban J connectivity index is 1.38. The summed E-state index contributed by atoms with van der Waals surface area (Å²) in [4.78, 5) is 57.2. The van der Waals surface area contributed by atoms with Gasteiger partial charge in [0.2, 0.25) is 9.70 Å². The summed E-state index contributed by atoms with van der Waals surface area (Å²) in [6.45, 7) is -0.849. The number of β-lactam (4-membered cyclic amide) rings is 1. The molecule has 0 spiro atoms. The van der Waals surface area contributed by atoms with Gasteiger partial charge in [-0.2, -0.15) is 0 Å². The number of ether oxygens (including phenoxy) is 3. The molecule has 224 valence electrons. The predicted octanol–water partition coefficient (Wildman–Crippen LogP) is 4.83. The molecule has 0 bridgehead atoms. The molecule has 2 aliphatic rings. The number of thioether (sulfide) groups is 1. The minimum atomic E-state index is -1.83. The molecule has 15 heteroatoms. The van der Waals surface area contributed by atoms with Crippen molar-refractivity contribution in [1.82, 2.24) is 19.8 Å². The zero-order valence-corrected chi connectivity index (χ0v) is 25.1. The van der Waals surface area contributed by atoms with Crippen LogP contribution in [0.5, 0.6) is 0 Å². The van der Waals surface area contributed by atoms with Gasteiger partial charge in [0.1, 0.15) is 31.0 Å². The van der Waals surface area contributed by atoms with Gasteiger partial charge in [0, 0.05) is 18.0 Å². The first-order valence-corrected chi connectivity index (χ1v) is 14.8. The number of rotatable bonds is 8. The summed E-state index contributed by atoms with van der Waals surface area (Å²) in [5.74, 6) is -1.33. The van der Waals surface area contributed by atoms with Crippen molar-refractivity contribution in [3.8, 4) is 0 Å². The zero-order valence-electron chi connectivity index (χ0n) is 22.0. The number of carbonyl (C=O) groups is 4. The van der Waals surface area contributed by atoms with Crippen LogP contribution in [0.4, 0.5) is 9.59 Å². The predicted molar refractivity (Wildman–Crippen MR) is 158 cm³/mol. The number of carbonyl (C=O) groups excluding carboxylic acids is 4. The minimum Gasteiger partial charge on any atom is -0.451 e. The molecule has 0 radical (unpaired) electrons. The highest BCUT2D eigenvalue weighted by Gasteiger charge is 2.57. The summed E-state index contributed by atoms with van der Waals surface area (Å²) in [5.41, 5.74) is 1.74. The molecule has 1 N–H and O–H groups in total. The van der Waals surface area contributed by atoms with Crippen molar-refractivity contribution < 1.29 is 33.4 Å². The van der Waals surface area contributed by atoms with Gasteiger partial charge < -0.3 is 24.4 Å². The standard InChI is InChI=1S/C28H23Cl3N4O7S/c29-28(30,31)15-41-26(38)33-20-23(36)35-21(19(14-43-24(20)35)13-40-27(39)34-12-11-32-16-34)25(37)42-22(17-7-3-1-4-8-17)18-9-5-2-6-10-18/h1-12,14,16,20-22,24H,13,15H2,(H,33,38)/t20?,21?,24-/m0/s1. The quantitative estimate of drug-likeness (QED) is 0.156. The molecular weight excluding hydrogens is 643 g/mol. The van der Waals surface area contributed by atoms with Crippen LogP contribution in [0.25, 0.3) is 0 Å². The van der Waals surface area contributed by atoms with Gasteiger partial charge in [-0.15, -0.1) is 11.8 Å². The van der Waals surface area contributed by atoms with Crippen LogP contribution in [0, 0.1) is 0 Å². The van der Waals surface area contributed by atoms with Gasteiger partial charge in [0.15, 0.2) is 12.1 Å². The number of imidazole rings is 1. The number of esters is 1. The number of alkyl halides is 3. The molecule has 1 saturated heterocycles.